The molecule has 1 unspecified atom stereocenters. The first-order chi connectivity index (χ1) is 7.74. The summed E-state index contributed by atoms with van der Waals surface area (Å²) < 4.78 is 0. The summed E-state index contributed by atoms with van der Waals surface area (Å²) >= 11 is 6.07. The Kier molecular flexibility index (Phi) is 6.46. The molecule has 3 nitrogen and oxygen atoms in total. The number of rotatable bonds is 5. The van der Waals surface area contributed by atoms with Gasteiger partial charge in [-0.15, -0.1) is 11.6 Å². The quantitative estimate of drug-likeness (QED) is 0.321. The third-order valence-electron chi connectivity index (χ3n) is 2.75. The maximum absolute atomic E-state index is 11.3. The molecule has 0 bridgehead atoms. The SMILES string of the molecule is CCCCCC(=O)ON=C1CCCCC1Cl. The van der Waals surface area contributed by atoms with E-state index in [2.05, 4.69) is 12.1 Å². The Labute approximate surface area is 102 Å². The molecule has 4 heteroatoms. The summed E-state index contributed by atoms with van der Waals surface area (Å²) in [4.78, 5) is 16.2. The minimum absolute atomic E-state index is 0.0443. The van der Waals surface area contributed by atoms with Crippen LogP contribution in [0.5, 0.6) is 0 Å². The fourth-order valence-corrected chi connectivity index (χ4v) is 2.03. The summed E-state index contributed by atoms with van der Waals surface area (Å²) in [7, 11) is 0. The largest absolute Gasteiger partial charge is 0.335 e. The van der Waals surface area contributed by atoms with E-state index in [1.165, 1.54) is 0 Å². The molecule has 0 amide bonds. The van der Waals surface area contributed by atoms with Crippen molar-refractivity contribution in [1.29, 1.82) is 0 Å². The van der Waals surface area contributed by atoms with E-state index < -0.39 is 0 Å². The molecule has 0 aromatic carbocycles. The van der Waals surface area contributed by atoms with Gasteiger partial charge in [0.1, 0.15) is 0 Å². The Balaban J connectivity index is 2.25. The molecule has 92 valence electrons. The normalized spacial score (nSPS) is 23.4. The second-order valence-electron chi connectivity index (χ2n) is 4.22. The van der Waals surface area contributed by atoms with Gasteiger partial charge in [0, 0.05) is 6.42 Å². The van der Waals surface area contributed by atoms with Gasteiger partial charge in [-0.3, -0.25) is 0 Å². The van der Waals surface area contributed by atoms with E-state index in [-0.39, 0.29) is 11.3 Å². The summed E-state index contributed by atoms with van der Waals surface area (Å²) in [6.07, 6.45) is 7.52. The lowest BCUT2D eigenvalue weighted by Crippen LogP contribution is -2.20. The van der Waals surface area contributed by atoms with Gasteiger partial charge in [0.2, 0.25) is 0 Å². The maximum Gasteiger partial charge on any atom is 0.335 e. The highest BCUT2D eigenvalue weighted by Crippen LogP contribution is 2.20. The second kappa shape index (κ2) is 7.66. The molecule has 1 rings (SSSR count). The number of hydrogen-bond acceptors (Lipinski definition) is 3. The summed E-state index contributed by atoms with van der Waals surface area (Å²) in [6, 6.07) is 0. The maximum atomic E-state index is 11.3. The van der Waals surface area contributed by atoms with Crippen molar-refractivity contribution in [3.8, 4) is 0 Å². The molecular formula is C12H20ClNO2. The van der Waals surface area contributed by atoms with Crippen molar-refractivity contribution >= 4 is 23.3 Å². The van der Waals surface area contributed by atoms with Crippen LogP contribution in [0, 0.1) is 0 Å². The van der Waals surface area contributed by atoms with Gasteiger partial charge in [-0.25, -0.2) is 4.79 Å². The zero-order chi connectivity index (χ0) is 11.8. The van der Waals surface area contributed by atoms with Crippen LogP contribution in [-0.2, 0) is 9.63 Å². The van der Waals surface area contributed by atoms with Crippen molar-refractivity contribution < 1.29 is 9.63 Å². The highest BCUT2D eigenvalue weighted by Gasteiger charge is 2.18. The molecule has 0 spiro atoms. The standard InChI is InChI=1S/C12H20ClNO2/c1-2-3-4-9-12(15)16-14-11-8-6-5-7-10(11)13/h10H,2-9H2,1H3. The van der Waals surface area contributed by atoms with Gasteiger partial charge in [0.25, 0.3) is 0 Å². The van der Waals surface area contributed by atoms with Crippen LogP contribution in [0.15, 0.2) is 5.16 Å². The number of carbonyl (C=O) groups is 1. The fraction of sp³-hybridized carbons (Fsp3) is 0.833. The molecule has 0 aromatic heterocycles. The lowest BCUT2D eigenvalue weighted by atomic mass is 9.98. The van der Waals surface area contributed by atoms with Gasteiger partial charge in [-0.1, -0.05) is 31.3 Å². The molecule has 0 radical (unpaired) electrons. The average Bonchev–Trinajstić information content (AvgIpc) is 2.28. The van der Waals surface area contributed by atoms with Crippen LogP contribution in [0.1, 0.15) is 58.3 Å². The molecule has 1 fully saturated rings. The van der Waals surface area contributed by atoms with Crippen molar-refractivity contribution in [1.82, 2.24) is 0 Å². The molecule has 1 atom stereocenters. The monoisotopic (exact) mass is 245 g/mol. The van der Waals surface area contributed by atoms with Gasteiger partial charge in [-0.2, -0.15) is 0 Å². The Morgan fingerprint density at radius 3 is 3.00 bits per heavy atom. The van der Waals surface area contributed by atoms with Gasteiger partial charge in [-0.05, 0) is 25.7 Å². The Morgan fingerprint density at radius 1 is 1.50 bits per heavy atom. The smallest absolute Gasteiger partial charge is 0.318 e. The topological polar surface area (TPSA) is 38.7 Å². The van der Waals surface area contributed by atoms with Crippen LogP contribution in [0.4, 0.5) is 0 Å². The van der Waals surface area contributed by atoms with E-state index in [4.69, 9.17) is 16.4 Å². The summed E-state index contributed by atoms with van der Waals surface area (Å²) in [5.41, 5.74) is 0.830. The molecular weight excluding hydrogens is 226 g/mol. The van der Waals surface area contributed by atoms with Crippen LogP contribution >= 0.6 is 11.6 Å². The van der Waals surface area contributed by atoms with Crippen LogP contribution in [0.3, 0.4) is 0 Å². The van der Waals surface area contributed by atoms with E-state index >= 15 is 0 Å². The van der Waals surface area contributed by atoms with Crippen molar-refractivity contribution in [2.45, 2.75) is 63.7 Å². The third kappa shape index (κ3) is 4.97. The van der Waals surface area contributed by atoms with Gasteiger partial charge >= 0.3 is 5.97 Å². The van der Waals surface area contributed by atoms with Gasteiger partial charge in [0.05, 0.1) is 11.1 Å². The summed E-state index contributed by atoms with van der Waals surface area (Å²) in [5, 5.41) is 3.83. The predicted molar refractivity (Wildman–Crippen MR) is 65.8 cm³/mol. The molecule has 1 aliphatic rings. The van der Waals surface area contributed by atoms with Crippen molar-refractivity contribution in [3.05, 3.63) is 0 Å². The van der Waals surface area contributed by atoms with E-state index in [1.807, 2.05) is 0 Å². The molecule has 0 heterocycles. The van der Waals surface area contributed by atoms with Crippen molar-refractivity contribution in [2.24, 2.45) is 5.16 Å². The number of carbonyl (C=O) groups excluding carboxylic acids is 1. The van der Waals surface area contributed by atoms with Crippen LogP contribution < -0.4 is 0 Å². The summed E-state index contributed by atoms with van der Waals surface area (Å²) in [6.45, 7) is 2.10. The minimum Gasteiger partial charge on any atom is -0.318 e. The highest BCUT2D eigenvalue weighted by atomic mass is 35.5. The van der Waals surface area contributed by atoms with E-state index in [0.717, 1.165) is 50.7 Å². The van der Waals surface area contributed by atoms with E-state index in [0.29, 0.717) is 6.42 Å². The molecule has 0 aliphatic heterocycles. The number of nitrogens with zero attached hydrogens (tertiary/aromatic N) is 1. The molecule has 1 saturated carbocycles. The first-order valence-electron chi connectivity index (χ1n) is 6.14. The minimum atomic E-state index is -0.240. The van der Waals surface area contributed by atoms with Crippen molar-refractivity contribution in [3.63, 3.8) is 0 Å². The van der Waals surface area contributed by atoms with Gasteiger partial charge < -0.3 is 4.84 Å². The molecule has 1 aliphatic carbocycles. The first kappa shape index (κ1) is 13.5. The number of hydrogen-bond donors (Lipinski definition) is 0. The van der Waals surface area contributed by atoms with Gasteiger partial charge in [0.15, 0.2) is 0 Å². The average molecular weight is 246 g/mol. The fourth-order valence-electron chi connectivity index (χ4n) is 1.73. The van der Waals surface area contributed by atoms with E-state index in [9.17, 15) is 4.79 Å². The first-order valence-corrected chi connectivity index (χ1v) is 6.58. The lowest BCUT2D eigenvalue weighted by molar-refractivity contribution is -0.143. The van der Waals surface area contributed by atoms with Crippen LogP contribution in [0.25, 0.3) is 0 Å². The number of unbranched alkanes of at least 4 members (excludes halogenated alkanes) is 2. The van der Waals surface area contributed by atoms with Crippen LogP contribution in [0.2, 0.25) is 0 Å². The summed E-state index contributed by atoms with van der Waals surface area (Å²) in [5.74, 6) is -0.240. The molecule has 0 N–H and O–H groups in total. The molecule has 16 heavy (non-hydrogen) atoms. The Morgan fingerprint density at radius 2 is 2.31 bits per heavy atom. The number of oxime groups is 1. The van der Waals surface area contributed by atoms with Crippen LogP contribution in [-0.4, -0.2) is 17.1 Å². The lowest BCUT2D eigenvalue weighted by Gasteiger charge is -2.17. The van der Waals surface area contributed by atoms with Crippen molar-refractivity contribution in [2.75, 3.05) is 0 Å². The Bertz CT molecular complexity index is 253. The number of alkyl halides is 1. The second-order valence-corrected chi connectivity index (χ2v) is 4.74. The third-order valence-corrected chi connectivity index (χ3v) is 3.22. The zero-order valence-corrected chi connectivity index (χ0v) is 10.6. The highest BCUT2D eigenvalue weighted by molar-refractivity contribution is 6.32. The van der Waals surface area contributed by atoms with E-state index in [1.54, 1.807) is 0 Å². The number of halogens is 1. The predicted octanol–water partition coefficient (Wildman–Crippen LogP) is 3.65. The molecule has 0 saturated heterocycles. The molecule has 0 aromatic rings. The Hall–Kier alpha value is -0.570. The zero-order valence-electron chi connectivity index (χ0n) is 9.88.